The van der Waals surface area contributed by atoms with Crippen molar-refractivity contribution in [2.75, 3.05) is 27.3 Å². The quantitative estimate of drug-likeness (QED) is 0.506. The van der Waals surface area contributed by atoms with Gasteiger partial charge in [0.25, 0.3) is 5.91 Å². The predicted octanol–water partition coefficient (Wildman–Crippen LogP) is 3.55. The number of aliphatic hydroxyl groups excluding tert-OH is 1. The first-order valence-electron chi connectivity index (χ1n) is 14.6. The zero-order valence-corrected chi connectivity index (χ0v) is 25.5. The van der Waals surface area contributed by atoms with Crippen molar-refractivity contribution in [2.24, 2.45) is 11.3 Å². The second-order valence-electron chi connectivity index (χ2n) is 12.5. The van der Waals surface area contributed by atoms with E-state index < -0.39 is 47.6 Å². The van der Waals surface area contributed by atoms with Crippen molar-refractivity contribution in [3.8, 4) is 11.5 Å². The molecule has 5 rings (SSSR count). The molecule has 2 amide bonds. The molecule has 1 aromatic carbocycles. The highest BCUT2D eigenvalue weighted by atomic mass is 16.6. The topological polar surface area (TPSA) is 135 Å². The largest absolute Gasteiger partial charge is 0.493 e. The Kier molecular flexibility index (Phi) is 8.22. The number of aliphatic carboxylic acids is 1. The van der Waals surface area contributed by atoms with Gasteiger partial charge in [-0.25, -0.2) is 0 Å². The molecule has 0 bridgehead atoms. The lowest BCUT2D eigenvalue weighted by atomic mass is 9.80. The molecule has 1 unspecified atom stereocenters. The summed E-state index contributed by atoms with van der Waals surface area (Å²) in [4.78, 5) is 42.4. The van der Waals surface area contributed by atoms with Crippen LogP contribution >= 0.6 is 0 Å². The maximum Gasteiger partial charge on any atom is 0.306 e. The van der Waals surface area contributed by atoms with E-state index in [9.17, 15) is 24.6 Å². The molecule has 0 spiro atoms. The van der Waals surface area contributed by atoms with Crippen LogP contribution in [0.25, 0.3) is 0 Å². The van der Waals surface area contributed by atoms with Crippen LogP contribution in [0.3, 0.4) is 0 Å². The number of ether oxygens (including phenoxy) is 4. The third-order valence-corrected chi connectivity index (χ3v) is 8.72. The van der Waals surface area contributed by atoms with E-state index in [1.165, 1.54) is 6.26 Å². The molecule has 3 heterocycles. The maximum atomic E-state index is 14.3. The third-order valence-electron chi connectivity index (χ3n) is 8.72. The number of carbonyl (C=O) groups excluding carboxylic acids is 2. The number of carboxylic acid groups (broad SMARTS) is 1. The Morgan fingerprint density at radius 1 is 1.12 bits per heavy atom. The fourth-order valence-electron chi connectivity index (χ4n) is 6.49. The molecule has 1 aliphatic carbocycles. The van der Waals surface area contributed by atoms with E-state index in [4.69, 9.17) is 18.9 Å². The van der Waals surface area contributed by atoms with Crippen LogP contribution in [0, 0.1) is 11.3 Å². The SMILES string of the molecule is COc1cccc([C@@H]2C=C(C)C3=COC(O)[C@@H](C(C)(C)C)N4C(=O)[C@@H](CC(=O)N5CCC(C(=O)O)CC5)OC2=C34)c1OC. The zero-order chi connectivity index (χ0) is 31.2. The number of hydrogen-bond acceptors (Lipinski definition) is 8. The highest BCUT2D eigenvalue weighted by Crippen LogP contribution is 2.50. The molecule has 0 radical (unpaired) electrons. The number of methoxy groups -OCH3 is 2. The van der Waals surface area contributed by atoms with E-state index in [0.717, 1.165) is 11.1 Å². The molecule has 0 aromatic heterocycles. The molecule has 0 saturated carbocycles. The molecule has 2 N–H and O–H groups in total. The molecule has 232 valence electrons. The summed E-state index contributed by atoms with van der Waals surface area (Å²) < 4.78 is 23.7. The highest BCUT2D eigenvalue weighted by molar-refractivity contribution is 5.91. The fraction of sp³-hybridized carbons (Fsp3) is 0.531. The summed E-state index contributed by atoms with van der Waals surface area (Å²) in [7, 11) is 3.12. The standard InChI is InChI=1S/C32H40N2O9/c1-17-14-20(19-8-7-9-22(40-5)26(19)41-6)27-25-21(17)16-42-31(39)28(32(2,3)4)34(25)29(36)23(43-27)15-24(35)33-12-10-18(11-13-33)30(37)38/h7-9,14,16,18,20,23,28,31,39H,10-13,15H2,1-6H3,(H,37,38)/t20-,23+,28-,31?/m0/s1. The van der Waals surface area contributed by atoms with Crippen molar-refractivity contribution in [1.82, 2.24) is 9.80 Å². The number of aliphatic hydroxyl groups is 1. The minimum atomic E-state index is -1.34. The molecule has 11 heteroatoms. The predicted molar refractivity (Wildman–Crippen MR) is 155 cm³/mol. The lowest BCUT2D eigenvalue weighted by molar-refractivity contribution is -0.168. The zero-order valence-electron chi connectivity index (χ0n) is 25.5. The molecule has 1 fully saturated rings. The van der Waals surface area contributed by atoms with Crippen LogP contribution in [0.5, 0.6) is 11.5 Å². The van der Waals surface area contributed by atoms with Crippen LogP contribution in [0.2, 0.25) is 0 Å². The van der Waals surface area contributed by atoms with Crippen LogP contribution in [0.4, 0.5) is 0 Å². The van der Waals surface area contributed by atoms with Gasteiger partial charge in [-0.1, -0.05) is 39.0 Å². The van der Waals surface area contributed by atoms with Gasteiger partial charge in [0.1, 0.15) is 11.8 Å². The van der Waals surface area contributed by atoms with Gasteiger partial charge in [0, 0.05) is 24.2 Å². The van der Waals surface area contributed by atoms with Crippen LogP contribution in [0.15, 0.2) is 53.1 Å². The Labute approximate surface area is 251 Å². The van der Waals surface area contributed by atoms with Crippen LogP contribution in [-0.2, 0) is 23.9 Å². The van der Waals surface area contributed by atoms with Crippen molar-refractivity contribution >= 4 is 17.8 Å². The number of nitrogens with zero attached hydrogens (tertiary/aromatic N) is 2. The van der Waals surface area contributed by atoms with Gasteiger partial charge in [0.2, 0.25) is 12.2 Å². The van der Waals surface area contributed by atoms with Gasteiger partial charge in [-0.2, -0.15) is 0 Å². The van der Waals surface area contributed by atoms with Crippen LogP contribution < -0.4 is 9.47 Å². The normalized spacial score (nSPS) is 26.0. The Morgan fingerprint density at radius 3 is 2.42 bits per heavy atom. The van der Waals surface area contributed by atoms with E-state index in [0.29, 0.717) is 54.5 Å². The van der Waals surface area contributed by atoms with Gasteiger partial charge >= 0.3 is 5.97 Å². The van der Waals surface area contributed by atoms with Crippen molar-refractivity contribution < 1.29 is 43.5 Å². The molecule has 1 aromatic rings. The first kappa shape index (κ1) is 30.5. The highest BCUT2D eigenvalue weighted by Gasteiger charge is 2.52. The summed E-state index contributed by atoms with van der Waals surface area (Å²) >= 11 is 0. The second kappa shape index (κ2) is 11.6. The minimum Gasteiger partial charge on any atom is -0.493 e. The first-order chi connectivity index (χ1) is 20.4. The number of amides is 2. The number of carbonyl (C=O) groups is 3. The van der Waals surface area contributed by atoms with Gasteiger partial charge in [0.05, 0.1) is 44.4 Å². The van der Waals surface area contributed by atoms with E-state index >= 15 is 0 Å². The van der Waals surface area contributed by atoms with Gasteiger partial charge < -0.3 is 34.1 Å². The lowest BCUT2D eigenvalue weighted by Crippen LogP contribution is -2.58. The number of piperidine rings is 1. The van der Waals surface area contributed by atoms with Crippen molar-refractivity contribution in [1.29, 1.82) is 0 Å². The number of carboxylic acids is 1. The molecule has 43 heavy (non-hydrogen) atoms. The van der Waals surface area contributed by atoms with Gasteiger partial charge in [-0.15, -0.1) is 0 Å². The summed E-state index contributed by atoms with van der Waals surface area (Å²) in [5, 5.41) is 20.6. The summed E-state index contributed by atoms with van der Waals surface area (Å²) in [5.74, 6) is -1.12. The molecule has 11 nitrogen and oxygen atoms in total. The summed E-state index contributed by atoms with van der Waals surface area (Å²) in [6, 6.07) is 4.74. The molecular formula is C32H40N2O9. The van der Waals surface area contributed by atoms with Crippen LogP contribution in [-0.4, -0.2) is 83.5 Å². The number of allylic oxidation sites excluding steroid dienone is 2. The van der Waals surface area contributed by atoms with Crippen molar-refractivity contribution in [2.45, 2.75) is 71.3 Å². The van der Waals surface area contributed by atoms with Gasteiger partial charge in [-0.05, 0) is 36.8 Å². The summed E-state index contributed by atoms with van der Waals surface area (Å²) in [6.07, 6.45) is 1.42. The monoisotopic (exact) mass is 596 g/mol. The first-order valence-corrected chi connectivity index (χ1v) is 14.6. The number of hydrogen-bond donors (Lipinski definition) is 2. The Balaban J connectivity index is 1.60. The maximum absolute atomic E-state index is 14.3. The Morgan fingerprint density at radius 2 is 1.81 bits per heavy atom. The lowest BCUT2D eigenvalue weighted by Gasteiger charge is -2.47. The molecule has 1 saturated heterocycles. The molecular weight excluding hydrogens is 556 g/mol. The number of para-hydroxylation sites is 1. The number of likely N-dealkylation sites (tertiary alicyclic amines) is 1. The average molecular weight is 597 g/mol. The van der Waals surface area contributed by atoms with E-state index in [2.05, 4.69) is 0 Å². The molecule has 3 aliphatic heterocycles. The van der Waals surface area contributed by atoms with E-state index in [1.54, 1.807) is 30.1 Å². The minimum absolute atomic E-state index is 0.235. The third kappa shape index (κ3) is 5.46. The number of rotatable bonds is 6. The fourth-order valence-corrected chi connectivity index (χ4v) is 6.49. The summed E-state index contributed by atoms with van der Waals surface area (Å²) in [6.45, 7) is 8.24. The average Bonchev–Trinajstić information content (AvgIpc) is 3.13. The van der Waals surface area contributed by atoms with Crippen molar-refractivity contribution in [3.05, 3.63) is 58.7 Å². The second-order valence-corrected chi connectivity index (χ2v) is 12.5. The Bertz CT molecular complexity index is 1400. The van der Waals surface area contributed by atoms with E-state index in [-0.39, 0.29) is 12.3 Å². The Hall–Kier alpha value is -3.99. The molecule has 4 aliphatic rings. The number of benzene rings is 1. The van der Waals surface area contributed by atoms with Gasteiger partial charge in [-0.3, -0.25) is 19.3 Å². The molecule has 4 atom stereocenters. The summed E-state index contributed by atoms with van der Waals surface area (Å²) in [5.41, 5.74) is 2.03. The van der Waals surface area contributed by atoms with Crippen LogP contribution in [0.1, 0.15) is 58.4 Å². The smallest absolute Gasteiger partial charge is 0.306 e. The van der Waals surface area contributed by atoms with Crippen molar-refractivity contribution in [3.63, 3.8) is 0 Å². The van der Waals surface area contributed by atoms with E-state index in [1.807, 2.05) is 45.9 Å². The van der Waals surface area contributed by atoms with Gasteiger partial charge in [0.15, 0.2) is 17.6 Å².